The normalized spacial score (nSPS) is 16.3. The summed E-state index contributed by atoms with van der Waals surface area (Å²) in [6, 6.07) is 22.0. The Hall–Kier alpha value is -5.16. The summed E-state index contributed by atoms with van der Waals surface area (Å²) < 4.78 is 28.0. The number of likely N-dealkylation sites (tertiary alicyclic amines) is 1. The molecule has 3 atom stereocenters. The number of carbonyl (C=O) groups is 2. The van der Waals surface area contributed by atoms with E-state index in [2.05, 4.69) is 22.2 Å². The van der Waals surface area contributed by atoms with Crippen LogP contribution in [0.5, 0.6) is 0 Å². The van der Waals surface area contributed by atoms with Crippen molar-refractivity contribution >= 4 is 34.8 Å². The largest absolute Gasteiger partial charge is 0.445 e. The molecule has 0 aliphatic carbocycles. The summed E-state index contributed by atoms with van der Waals surface area (Å²) in [7, 11) is 0. The van der Waals surface area contributed by atoms with E-state index in [1.54, 1.807) is 24.4 Å². The Morgan fingerprint density at radius 3 is 2.51 bits per heavy atom. The number of benzene rings is 3. The van der Waals surface area contributed by atoms with Crippen LogP contribution in [0.2, 0.25) is 5.02 Å². The Labute approximate surface area is 326 Å². The summed E-state index contributed by atoms with van der Waals surface area (Å²) in [5, 5.41) is 3.47. The van der Waals surface area contributed by atoms with Crippen LogP contribution >= 0.6 is 11.6 Å². The number of H-pyrrole nitrogens is 1. The first-order valence-electron chi connectivity index (χ1n) is 19.0. The van der Waals surface area contributed by atoms with Gasteiger partial charge in [-0.2, -0.15) is 4.98 Å². The van der Waals surface area contributed by atoms with E-state index in [0.717, 1.165) is 42.4 Å². The fraction of sp³-hybridized carbons (Fsp3) is 0.395. The number of hydrogen-bond acceptors (Lipinski definition) is 6. The molecule has 2 N–H and O–H groups in total. The monoisotopic (exact) mass is 769 g/mol. The maximum Gasteiger partial charge on any atom is 0.411 e. The van der Waals surface area contributed by atoms with E-state index in [-0.39, 0.29) is 41.4 Å². The molecule has 0 radical (unpaired) electrons. The molecule has 5 aromatic rings. The molecule has 3 aromatic carbocycles. The number of hydrogen-bond donors (Lipinski definition) is 2. The number of amides is 2. The Bertz CT molecular complexity index is 2180. The number of aromatic amines is 1. The topological polar surface area (TPSA) is 119 Å². The zero-order valence-electron chi connectivity index (χ0n) is 32.0. The van der Waals surface area contributed by atoms with Crippen molar-refractivity contribution < 1.29 is 23.5 Å². The van der Waals surface area contributed by atoms with Gasteiger partial charge < -0.3 is 19.8 Å². The van der Waals surface area contributed by atoms with Crippen LogP contribution in [0.1, 0.15) is 95.9 Å². The van der Waals surface area contributed by atoms with Gasteiger partial charge in [0.25, 0.3) is 0 Å². The van der Waals surface area contributed by atoms with Crippen molar-refractivity contribution in [3.8, 4) is 16.9 Å². The summed E-state index contributed by atoms with van der Waals surface area (Å²) >= 11 is 6.37. The van der Waals surface area contributed by atoms with Gasteiger partial charge in [0, 0.05) is 29.2 Å². The minimum atomic E-state index is -0.601. The molecule has 0 spiro atoms. The van der Waals surface area contributed by atoms with Gasteiger partial charge in [-0.3, -0.25) is 9.47 Å². The Kier molecular flexibility index (Phi) is 12.3. The van der Waals surface area contributed by atoms with Gasteiger partial charge in [0.05, 0.1) is 22.4 Å². The van der Waals surface area contributed by atoms with Crippen LogP contribution in [0.4, 0.5) is 14.0 Å². The predicted octanol–water partition coefficient (Wildman–Crippen LogP) is 10.1. The first-order chi connectivity index (χ1) is 26.3. The lowest BCUT2D eigenvalue weighted by molar-refractivity contribution is 0.0136. The second kappa shape index (κ2) is 17.1. The molecule has 55 heavy (non-hydrogen) atoms. The van der Waals surface area contributed by atoms with Gasteiger partial charge in [0.1, 0.15) is 17.9 Å². The average molecular weight is 770 g/mol. The van der Waals surface area contributed by atoms with Crippen LogP contribution < -0.4 is 11.0 Å². The highest BCUT2D eigenvalue weighted by molar-refractivity contribution is 6.31. The number of alkyl carbamates (subject to hydrolysis) is 1. The minimum Gasteiger partial charge on any atom is -0.445 e. The van der Waals surface area contributed by atoms with E-state index in [1.807, 2.05) is 87.2 Å². The second-order valence-electron chi connectivity index (χ2n) is 15.3. The summed E-state index contributed by atoms with van der Waals surface area (Å²) in [5.74, 6) is -0.576. The lowest BCUT2D eigenvalue weighted by Gasteiger charge is -2.33. The summed E-state index contributed by atoms with van der Waals surface area (Å²) in [4.78, 5) is 48.1. The molecule has 290 valence electrons. The number of rotatable bonds is 12. The highest BCUT2D eigenvalue weighted by Gasteiger charge is 2.39. The van der Waals surface area contributed by atoms with Crippen molar-refractivity contribution in [2.24, 2.45) is 0 Å². The fourth-order valence-corrected chi connectivity index (χ4v) is 7.48. The van der Waals surface area contributed by atoms with Crippen molar-refractivity contribution in [1.82, 2.24) is 24.8 Å². The molecule has 3 heterocycles. The zero-order chi connectivity index (χ0) is 39.3. The van der Waals surface area contributed by atoms with Crippen LogP contribution in [0.3, 0.4) is 0 Å². The fourth-order valence-electron chi connectivity index (χ4n) is 7.24. The lowest BCUT2D eigenvalue weighted by atomic mass is 10.0. The molecule has 1 aliphatic rings. The van der Waals surface area contributed by atoms with Gasteiger partial charge >= 0.3 is 17.9 Å². The van der Waals surface area contributed by atoms with Gasteiger partial charge in [0.2, 0.25) is 0 Å². The molecular formula is C43H49ClFN5O5. The molecule has 12 heteroatoms. The van der Waals surface area contributed by atoms with Crippen LogP contribution in [0.25, 0.3) is 28.0 Å². The predicted molar refractivity (Wildman–Crippen MR) is 213 cm³/mol. The summed E-state index contributed by atoms with van der Waals surface area (Å²) in [6.45, 7) is 9.84. The summed E-state index contributed by atoms with van der Waals surface area (Å²) in [5.41, 5.74) is 3.27. The van der Waals surface area contributed by atoms with E-state index in [9.17, 15) is 14.4 Å². The molecular weight excluding hydrogens is 721 g/mol. The van der Waals surface area contributed by atoms with E-state index in [0.29, 0.717) is 41.7 Å². The van der Waals surface area contributed by atoms with Crippen LogP contribution in [-0.4, -0.2) is 49.3 Å². The molecule has 1 saturated heterocycles. The van der Waals surface area contributed by atoms with Gasteiger partial charge in [-0.15, -0.1) is 0 Å². The Morgan fingerprint density at radius 1 is 1.05 bits per heavy atom. The number of nitrogens with zero attached hydrogens (tertiary/aromatic N) is 3. The van der Waals surface area contributed by atoms with Crippen molar-refractivity contribution in [2.45, 2.75) is 110 Å². The molecule has 6 rings (SSSR count). The Balaban J connectivity index is 1.13. The standard InChI is InChI=1S/C43H49ClFN5O5/c1-6-11-33-20-21-37(50(33)42(53)55-43(3,4)5)30-16-18-32(19-17-30)49-25-31-24-36(47-39(31)48-40(49)51)34-22-29(23-35(44)38(34)45)15-10-12-27(2)46-41(52)54-26-28-13-8-7-9-14-28/h7-9,13-14,16-19,22-25,27,33,37H,6,10-12,15,20-21,26H2,1-5H3,(H,46,52)(H,47,48,51)/t27-,33+,37-/m0/s1. The molecule has 1 aliphatic heterocycles. The van der Waals surface area contributed by atoms with Gasteiger partial charge in [-0.1, -0.05) is 67.4 Å². The first kappa shape index (κ1) is 39.5. The smallest absolute Gasteiger partial charge is 0.411 e. The number of nitrogens with one attached hydrogen (secondary N) is 2. The lowest BCUT2D eigenvalue weighted by Crippen LogP contribution is -2.41. The highest BCUT2D eigenvalue weighted by Crippen LogP contribution is 2.39. The molecule has 1 fully saturated rings. The second-order valence-corrected chi connectivity index (χ2v) is 15.7. The van der Waals surface area contributed by atoms with Gasteiger partial charge in [-0.25, -0.2) is 18.8 Å². The quantitative estimate of drug-likeness (QED) is 0.130. The third-order valence-electron chi connectivity index (χ3n) is 9.85. The van der Waals surface area contributed by atoms with Crippen molar-refractivity contribution in [2.75, 3.05) is 0 Å². The number of aromatic nitrogens is 3. The maximum absolute atomic E-state index is 15.5. The van der Waals surface area contributed by atoms with Gasteiger partial charge in [0.15, 0.2) is 5.82 Å². The molecule has 0 unspecified atom stereocenters. The number of halogens is 2. The molecule has 2 amide bonds. The average Bonchev–Trinajstić information content (AvgIpc) is 3.76. The van der Waals surface area contributed by atoms with Crippen LogP contribution in [0, 0.1) is 5.82 Å². The minimum absolute atomic E-state index is 0.0111. The van der Waals surface area contributed by atoms with E-state index in [1.165, 1.54) is 4.57 Å². The van der Waals surface area contributed by atoms with E-state index < -0.39 is 23.2 Å². The van der Waals surface area contributed by atoms with Crippen LogP contribution in [0.15, 0.2) is 83.8 Å². The molecule has 0 saturated carbocycles. The van der Waals surface area contributed by atoms with Crippen LogP contribution in [-0.2, 0) is 22.5 Å². The number of aryl methyl sites for hydroxylation is 1. The molecule has 2 aromatic heterocycles. The SMILES string of the molecule is CCC[C@@H]1CC[C@@H](c2ccc(-n3cc4cc(-c5cc(CCC[C@H](C)NC(=O)OCc6ccccc6)cc(Cl)c5F)[nH]c4nc3=O)cc2)N1C(=O)OC(C)(C)C. The summed E-state index contributed by atoms with van der Waals surface area (Å²) in [6.07, 6.45) is 6.48. The molecule has 10 nitrogen and oxygen atoms in total. The highest BCUT2D eigenvalue weighted by atomic mass is 35.5. The third-order valence-corrected chi connectivity index (χ3v) is 10.1. The van der Waals surface area contributed by atoms with Crippen molar-refractivity contribution in [3.05, 3.63) is 117 Å². The van der Waals surface area contributed by atoms with Crippen molar-refractivity contribution in [3.63, 3.8) is 0 Å². The maximum atomic E-state index is 15.5. The number of fused-ring (bicyclic) bond motifs is 1. The Morgan fingerprint density at radius 2 is 1.80 bits per heavy atom. The number of carbonyl (C=O) groups excluding carboxylic acids is 2. The first-order valence-corrected chi connectivity index (χ1v) is 19.4. The molecule has 0 bridgehead atoms. The van der Waals surface area contributed by atoms with E-state index >= 15 is 4.39 Å². The number of ether oxygens (including phenoxy) is 2. The zero-order valence-corrected chi connectivity index (χ0v) is 32.8. The van der Waals surface area contributed by atoms with Crippen molar-refractivity contribution in [1.29, 1.82) is 0 Å². The third kappa shape index (κ3) is 9.75. The van der Waals surface area contributed by atoms with E-state index in [4.69, 9.17) is 21.1 Å². The van der Waals surface area contributed by atoms with Gasteiger partial charge in [-0.05, 0) is 113 Å².